The second kappa shape index (κ2) is 13.9. The highest BCUT2D eigenvalue weighted by atomic mass is 32.2. The molecule has 0 aliphatic heterocycles. The average molecular weight is 515 g/mol. The van der Waals surface area contributed by atoms with Gasteiger partial charge in [-0.3, -0.25) is 9.78 Å². The summed E-state index contributed by atoms with van der Waals surface area (Å²) in [6, 6.07) is 22.3. The van der Waals surface area contributed by atoms with Crippen molar-refractivity contribution in [2.45, 2.75) is 52.1 Å². The third-order valence-electron chi connectivity index (χ3n) is 6.35. The van der Waals surface area contributed by atoms with Gasteiger partial charge in [0.25, 0.3) is 0 Å². The molecule has 4 aromatic rings. The second-order valence-electron chi connectivity index (χ2n) is 9.35. The number of carbonyl (C=O) groups is 1. The van der Waals surface area contributed by atoms with Crippen LogP contribution >= 0.6 is 12.0 Å². The maximum atomic E-state index is 12.5. The highest BCUT2D eigenvalue weighted by Crippen LogP contribution is 2.22. The summed E-state index contributed by atoms with van der Waals surface area (Å²) in [5, 5.41) is 2.93. The van der Waals surface area contributed by atoms with Gasteiger partial charge in [0.15, 0.2) is 5.65 Å². The number of benzene rings is 2. The number of aromatic nitrogens is 3. The van der Waals surface area contributed by atoms with Crippen LogP contribution in [0.1, 0.15) is 50.2 Å². The normalized spacial score (nSPS) is 11.9. The molecule has 2 aromatic heterocycles. The fourth-order valence-electron chi connectivity index (χ4n) is 4.31. The molecule has 1 atom stereocenters. The van der Waals surface area contributed by atoms with E-state index in [1.165, 1.54) is 30.4 Å². The first kappa shape index (κ1) is 26.8. The summed E-state index contributed by atoms with van der Waals surface area (Å²) in [7, 11) is 0. The number of carbonyl (C=O) groups excluding carboxylic acids is 1. The van der Waals surface area contributed by atoms with Gasteiger partial charge < -0.3 is 9.50 Å². The van der Waals surface area contributed by atoms with Gasteiger partial charge in [0, 0.05) is 18.2 Å². The fourth-order valence-corrected chi connectivity index (χ4v) is 4.57. The summed E-state index contributed by atoms with van der Waals surface area (Å²) >= 11 is 1.34. The lowest BCUT2D eigenvalue weighted by molar-refractivity contribution is -0.116. The summed E-state index contributed by atoms with van der Waals surface area (Å²) in [6.07, 6.45) is 9.51. The van der Waals surface area contributed by atoms with E-state index < -0.39 is 0 Å². The van der Waals surface area contributed by atoms with Crippen molar-refractivity contribution >= 4 is 34.9 Å². The lowest BCUT2D eigenvalue weighted by atomic mass is 9.96. The van der Waals surface area contributed by atoms with Gasteiger partial charge in [-0.25, -0.2) is 9.97 Å². The van der Waals surface area contributed by atoms with Gasteiger partial charge in [-0.1, -0.05) is 68.3 Å². The maximum Gasteiger partial charge on any atom is 0.225 e. The molecule has 0 bridgehead atoms. The van der Waals surface area contributed by atoms with E-state index in [1.807, 2.05) is 36.6 Å². The molecular weight excluding hydrogens is 480 g/mol. The number of hydrogen-bond acceptors (Lipinski definition) is 6. The minimum Gasteiger partial charge on any atom is -0.311 e. The summed E-state index contributed by atoms with van der Waals surface area (Å²) in [6.45, 7) is 2.80. The lowest BCUT2D eigenvalue weighted by Gasteiger charge is -2.11. The molecule has 7 heteroatoms. The Hall–Kier alpha value is -3.29. The summed E-state index contributed by atoms with van der Waals surface area (Å²) < 4.78 is 5.44. The van der Waals surface area contributed by atoms with Crippen LogP contribution in [0, 0.1) is 5.92 Å². The number of hydrogen-bond donors (Lipinski definition) is 1. The fraction of sp³-hybridized carbons (Fsp3) is 0.333. The van der Waals surface area contributed by atoms with E-state index in [4.69, 9.17) is 9.17 Å². The van der Waals surface area contributed by atoms with Crippen molar-refractivity contribution in [1.82, 2.24) is 15.0 Å². The smallest absolute Gasteiger partial charge is 0.225 e. The molecule has 37 heavy (non-hydrogen) atoms. The van der Waals surface area contributed by atoms with Crippen molar-refractivity contribution in [3.8, 4) is 11.3 Å². The zero-order valence-electron chi connectivity index (χ0n) is 21.5. The maximum absolute atomic E-state index is 12.5. The number of nitrogens with zero attached hydrogens (tertiary/aromatic N) is 3. The standard InChI is InChI=1S/C30H34N4O2S/c1-22(9-6-13-23-11-4-3-5-12-23)10-7-16-29(35)33-28-18-17-26-30(34-28)32-27(20-31-26)25-15-8-14-24(19-25)21-36-37-2/h3-5,8,11-12,14-15,17-20,22H,6-7,9-10,13,16,21H2,1-2H3,(H,32,33,34,35). The van der Waals surface area contributed by atoms with Gasteiger partial charge >= 0.3 is 0 Å². The Morgan fingerprint density at radius 1 is 0.973 bits per heavy atom. The Labute approximate surface area is 223 Å². The van der Waals surface area contributed by atoms with Gasteiger partial charge in [-0.2, -0.15) is 0 Å². The van der Waals surface area contributed by atoms with Crippen molar-refractivity contribution in [1.29, 1.82) is 0 Å². The molecule has 0 aliphatic rings. The van der Waals surface area contributed by atoms with Crippen LogP contribution in [0.3, 0.4) is 0 Å². The highest BCUT2D eigenvalue weighted by molar-refractivity contribution is 7.93. The highest BCUT2D eigenvalue weighted by Gasteiger charge is 2.10. The van der Waals surface area contributed by atoms with Crippen LogP contribution in [0.5, 0.6) is 0 Å². The summed E-state index contributed by atoms with van der Waals surface area (Å²) in [5.74, 6) is 1.09. The molecule has 1 unspecified atom stereocenters. The minimum absolute atomic E-state index is 0.0195. The molecule has 1 amide bonds. The number of aryl methyl sites for hydroxylation is 1. The molecule has 0 radical (unpaired) electrons. The molecule has 0 fully saturated rings. The molecule has 2 heterocycles. The van der Waals surface area contributed by atoms with E-state index in [1.54, 1.807) is 12.3 Å². The number of anilines is 1. The summed E-state index contributed by atoms with van der Waals surface area (Å²) in [5.41, 5.74) is 5.33. The second-order valence-corrected chi connectivity index (χ2v) is 9.92. The van der Waals surface area contributed by atoms with E-state index in [0.29, 0.717) is 35.9 Å². The number of amides is 1. The van der Waals surface area contributed by atoms with Crippen LogP contribution in [0.15, 0.2) is 72.9 Å². The van der Waals surface area contributed by atoms with Gasteiger partial charge in [0.2, 0.25) is 5.91 Å². The first-order chi connectivity index (χ1) is 18.1. The average Bonchev–Trinajstić information content (AvgIpc) is 2.92. The van der Waals surface area contributed by atoms with Crippen LogP contribution < -0.4 is 5.32 Å². The Bertz CT molecular complexity index is 1300. The predicted octanol–water partition coefficient (Wildman–Crippen LogP) is 7.25. The molecule has 1 N–H and O–H groups in total. The van der Waals surface area contributed by atoms with Gasteiger partial charge in [0.05, 0.1) is 18.5 Å². The zero-order valence-corrected chi connectivity index (χ0v) is 22.3. The molecule has 192 valence electrons. The first-order valence-electron chi connectivity index (χ1n) is 12.8. The van der Waals surface area contributed by atoms with Crippen molar-refractivity contribution in [2.24, 2.45) is 5.92 Å². The third kappa shape index (κ3) is 8.37. The predicted molar refractivity (Wildman–Crippen MR) is 152 cm³/mol. The van der Waals surface area contributed by atoms with Crippen molar-refractivity contribution < 1.29 is 8.98 Å². The largest absolute Gasteiger partial charge is 0.311 e. The molecule has 6 nitrogen and oxygen atoms in total. The molecule has 0 saturated carbocycles. The Morgan fingerprint density at radius 3 is 2.62 bits per heavy atom. The van der Waals surface area contributed by atoms with Crippen LogP contribution in [0.2, 0.25) is 0 Å². The van der Waals surface area contributed by atoms with E-state index in [2.05, 4.69) is 52.5 Å². The zero-order chi connectivity index (χ0) is 25.9. The first-order valence-corrected chi connectivity index (χ1v) is 14.0. The van der Waals surface area contributed by atoms with E-state index in [9.17, 15) is 4.79 Å². The van der Waals surface area contributed by atoms with Crippen molar-refractivity contribution in [3.63, 3.8) is 0 Å². The molecule has 0 aliphatic carbocycles. The number of rotatable bonds is 13. The van der Waals surface area contributed by atoms with E-state index in [0.717, 1.165) is 36.1 Å². The van der Waals surface area contributed by atoms with Crippen molar-refractivity contribution in [2.75, 3.05) is 11.6 Å². The van der Waals surface area contributed by atoms with E-state index >= 15 is 0 Å². The summed E-state index contributed by atoms with van der Waals surface area (Å²) in [4.78, 5) is 26.3. The topological polar surface area (TPSA) is 77.0 Å². The lowest BCUT2D eigenvalue weighted by Crippen LogP contribution is -2.13. The number of fused-ring (bicyclic) bond motifs is 1. The Kier molecular flexibility index (Phi) is 10.0. The third-order valence-corrected chi connectivity index (χ3v) is 6.70. The van der Waals surface area contributed by atoms with Crippen LogP contribution in [-0.4, -0.2) is 27.1 Å². The van der Waals surface area contributed by atoms with Crippen molar-refractivity contribution in [3.05, 3.63) is 84.1 Å². The van der Waals surface area contributed by atoms with Gasteiger partial charge in [-0.15, -0.1) is 0 Å². The number of pyridine rings is 1. The molecular formula is C30H34N4O2S. The van der Waals surface area contributed by atoms with Crippen LogP contribution in [-0.2, 0) is 22.0 Å². The van der Waals surface area contributed by atoms with Gasteiger partial charge in [0.1, 0.15) is 11.3 Å². The monoisotopic (exact) mass is 514 g/mol. The number of nitrogens with one attached hydrogen (secondary N) is 1. The quantitative estimate of drug-likeness (QED) is 0.189. The molecule has 0 saturated heterocycles. The van der Waals surface area contributed by atoms with Crippen LogP contribution in [0.25, 0.3) is 22.4 Å². The molecule has 4 rings (SSSR count). The van der Waals surface area contributed by atoms with Crippen LogP contribution in [0.4, 0.5) is 5.82 Å². The Balaban J connectivity index is 1.27. The van der Waals surface area contributed by atoms with Gasteiger partial charge in [-0.05, 0) is 66.5 Å². The SMILES string of the molecule is CSOCc1cccc(-c2cnc3ccc(NC(=O)CCCC(C)CCCc4ccccc4)nc3n2)c1. The molecule has 2 aromatic carbocycles. The molecule has 0 spiro atoms. The van der Waals surface area contributed by atoms with E-state index in [-0.39, 0.29) is 5.91 Å². The minimum atomic E-state index is -0.0195. The Morgan fingerprint density at radius 2 is 1.78 bits per heavy atom.